The molecule has 0 fully saturated rings. The minimum atomic E-state index is 0.418. The van der Waals surface area contributed by atoms with E-state index in [9.17, 15) is 0 Å². The summed E-state index contributed by atoms with van der Waals surface area (Å²) in [5.41, 5.74) is 6.51. The Hall–Kier alpha value is -0.900. The van der Waals surface area contributed by atoms with Crippen molar-refractivity contribution >= 4 is 23.3 Å². The first kappa shape index (κ1) is 12.2. The molecule has 3 nitrogen and oxygen atoms in total. The van der Waals surface area contributed by atoms with Crippen LogP contribution in [0.5, 0.6) is 0 Å². The van der Waals surface area contributed by atoms with Crippen LogP contribution in [0.4, 0.5) is 11.5 Å². The molecule has 0 aliphatic heterocycles. The van der Waals surface area contributed by atoms with Crippen LogP contribution in [-0.4, -0.2) is 22.5 Å². The lowest BCUT2D eigenvalue weighted by Crippen LogP contribution is -2.17. The number of hydrogen-bond acceptors (Lipinski definition) is 4. The van der Waals surface area contributed by atoms with Crippen molar-refractivity contribution in [2.45, 2.75) is 26.3 Å². The zero-order chi connectivity index (χ0) is 11.1. The summed E-state index contributed by atoms with van der Waals surface area (Å²) in [6.45, 7) is 4.34. The van der Waals surface area contributed by atoms with Gasteiger partial charge in [0.15, 0.2) is 0 Å². The summed E-state index contributed by atoms with van der Waals surface area (Å²) < 4.78 is 0. The fraction of sp³-hybridized carbons (Fsp3) is 0.545. The molecule has 0 saturated carbocycles. The Morgan fingerprint density at radius 1 is 1.60 bits per heavy atom. The molecule has 3 N–H and O–H groups in total. The number of thioether (sulfide) groups is 1. The number of anilines is 2. The van der Waals surface area contributed by atoms with Gasteiger partial charge in [-0.05, 0) is 37.0 Å². The van der Waals surface area contributed by atoms with Crippen molar-refractivity contribution in [1.82, 2.24) is 4.98 Å². The summed E-state index contributed by atoms with van der Waals surface area (Å²) in [7, 11) is 0. The van der Waals surface area contributed by atoms with E-state index in [0.29, 0.717) is 11.7 Å². The SMILES string of the molecule is CCSCCC(C)Nc1ncccc1N. The van der Waals surface area contributed by atoms with Crippen molar-refractivity contribution < 1.29 is 0 Å². The molecule has 1 unspecified atom stereocenters. The molecule has 1 rings (SSSR count). The van der Waals surface area contributed by atoms with Crippen LogP contribution in [0.25, 0.3) is 0 Å². The Morgan fingerprint density at radius 3 is 3.07 bits per heavy atom. The lowest BCUT2D eigenvalue weighted by atomic mass is 10.2. The van der Waals surface area contributed by atoms with Crippen LogP contribution in [-0.2, 0) is 0 Å². The highest BCUT2D eigenvalue weighted by molar-refractivity contribution is 7.99. The molecule has 0 bridgehead atoms. The van der Waals surface area contributed by atoms with Crippen molar-refractivity contribution in [3.63, 3.8) is 0 Å². The molecule has 4 heteroatoms. The van der Waals surface area contributed by atoms with Gasteiger partial charge in [-0.15, -0.1) is 0 Å². The first-order valence-electron chi connectivity index (χ1n) is 5.28. The number of aromatic nitrogens is 1. The molecule has 15 heavy (non-hydrogen) atoms. The molecule has 0 spiro atoms. The first-order chi connectivity index (χ1) is 7.24. The second-order valence-corrected chi connectivity index (χ2v) is 4.87. The maximum absolute atomic E-state index is 5.79. The second kappa shape index (κ2) is 6.56. The lowest BCUT2D eigenvalue weighted by Gasteiger charge is -2.15. The van der Waals surface area contributed by atoms with Crippen LogP contribution in [0.1, 0.15) is 20.3 Å². The van der Waals surface area contributed by atoms with E-state index in [1.807, 2.05) is 23.9 Å². The fourth-order valence-corrected chi connectivity index (χ4v) is 2.06. The van der Waals surface area contributed by atoms with Crippen molar-refractivity contribution in [2.24, 2.45) is 0 Å². The zero-order valence-electron chi connectivity index (χ0n) is 9.36. The summed E-state index contributed by atoms with van der Waals surface area (Å²) >= 11 is 1.96. The van der Waals surface area contributed by atoms with Gasteiger partial charge in [0.25, 0.3) is 0 Å². The number of nitrogens with one attached hydrogen (secondary N) is 1. The normalized spacial score (nSPS) is 12.4. The molecule has 1 atom stereocenters. The third-order valence-electron chi connectivity index (χ3n) is 2.12. The van der Waals surface area contributed by atoms with Crippen LogP contribution in [0.3, 0.4) is 0 Å². The number of nitrogens with two attached hydrogens (primary N) is 1. The van der Waals surface area contributed by atoms with Crippen molar-refractivity contribution in [3.8, 4) is 0 Å². The maximum Gasteiger partial charge on any atom is 0.149 e. The molecule has 1 aromatic heterocycles. The standard InChI is InChI=1S/C11H19N3S/c1-3-15-8-6-9(2)14-11-10(12)5-4-7-13-11/h4-5,7,9H,3,6,8,12H2,1-2H3,(H,13,14). The van der Waals surface area contributed by atoms with E-state index in [2.05, 4.69) is 24.1 Å². The van der Waals surface area contributed by atoms with E-state index in [1.165, 1.54) is 11.5 Å². The maximum atomic E-state index is 5.79. The van der Waals surface area contributed by atoms with Crippen LogP contribution < -0.4 is 11.1 Å². The fourth-order valence-electron chi connectivity index (χ4n) is 1.25. The van der Waals surface area contributed by atoms with E-state index >= 15 is 0 Å². The van der Waals surface area contributed by atoms with E-state index < -0.39 is 0 Å². The number of nitrogen functional groups attached to an aromatic ring is 1. The van der Waals surface area contributed by atoms with Gasteiger partial charge in [-0.2, -0.15) is 11.8 Å². The van der Waals surface area contributed by atoms with E-state index in [1.54, 1.807) is 6.20 Å². The molecule has 0 aromatic carbocycles. The predicted molar refractivity (Wildman–Crippen MR) is 69.4 cm³/mol. The van der Waals surface area contributed by atoms with E-state index in [4.69, 9.17) is 5.73 Å². The Labute approximate surface area is 95.9 Å². The third-order valence-corrected chi connectivity index (χ3v) is 3.05. The minimum absolute atomic E-state index is 0.418. The summed E-state index contributed by atoms with van der Waals surface area (Å²) in [5.74, 6) is 3.15. The van der Waals surface area contributed by atoms with Gasteiger partial charge in [0.1, 0.15) is 5.82 Å². The predicted octanol–water partition coefficient (Wildman–Crippen LogP) is 2.61. The molecule has 1 aromatic rings. The lowest BCUT2D eigenvalue weighted by molar-refractivity contribution is 0.767. The monoisotopic (exact) mass is 225 g/mol. The highest BCUT2D eigenvalue weighted by Crippen LogP contribution is 2.15. The third kappa shape index (κ3) is 4.42. The number of nitrogens with zero attached hydrogens (tertiary/aromatic N) is 1. The van der Waals surface area contributed by atoms with Crippen molar-refractivity contribution in [3.05, 3.63) is 18.3 Å². The highest BCUT2D eigenvalue weighted by atomic mass is 32.2. The zero-order valence-corrected chi connectivity index (χ0v) is 10.2. The van der Waals surface area contributed by atoms with Crippen molar-refractivity contribution in [1.29, 1.82) is 0 Å². The highest BCUT2D eigenvalue weighted by Gasteiger charge is 2.04. The smallest absolute Gasteiger partial charge is 0.149 e. The van der Waals surface area contributed by atoms with Crippen LogP contribution in [0, 0.1) is 0 Å². The Kier molecular flexibility index (Phi) is 5.32. The average molecular weight is 225 g/mol. The number of pyridine rings is 1. The quantitative estimate of drug-likeness (QED) is 0.731. The Morgan fingerprint density at radius 2 is 2.40 bits per heavy atom. The van der Waals surface area contributed by atoms with Crippen molar-refractivity contribution in [2.75, 3.05) is 22.6 Å². The molecule has 0 saturated heterocycles. The van der Waals surface area contributed by atoms with Gasteiger partial charge in [0.2, 0.25) is 0 Å². The summed E-state index contributed by atoms with van der Waals surface area (Å²) in [6, 6.07) is 4.13. The summed E-state index contributed by atoms with van der Waals surface area (Å²) in [4.78, 5) is 4.20. The molecular formula is C11H19N3S. The molecule has 0 amide bonds. The van der Waals surface area contributed by atoms with Crippen LogP contribution in [0.2, 0.25) is 0 Å². The first-order valence-corrected chi connectivity index (χ1v) is 6.44. The average Bonchev–Trinajstić information content (AvgIpc) is 2.22. The van der Waals surface area contributed by atoms with Crippen LogP contribution >= 0.6 is 11.8 Å². The van der Waals surface area contributed by atoms with Crippen LogP contribution in [0.15, 0.2) is 18.3 Å². The molecule has 1 heterocycles. The van der Waals surface area contributed by atoms with Gasteiger partial charge in [0.05, 0.1) is 5.69 Å². The Balaban J connectivity index is 2.37. The molecule has 0 aliphatic rings. The molecule has 0 aliphatic carbocycles. The van der Waals surface area contributed by atoms with Gasteiger partial charge in [-0.25, -0.2) is 4.98 Å². The van der Waals surface area contributed by atoms with E-state index in [-0.39, 0.29) is 0 Å². The van der Waals surface area contributed by atoms with Gasteiger partial charge >= 0.3 is 0 Å². The number of hydrogen-bond donors (Lipinski definition) is 2. The summed E-state index contributed by atoms with van der Waals surface area (Å²) in [5, 5.41) is 3.32. The second-order valence-electron chi connectivity index (χ2n) is 3.47. The Bertz CT molecular complexity index is 291. The minimum Gasteiger partial charge on any atom is -0.396 e. The molecule has 84 valence electrons. The van der Waals surface area contributed by atoms with E-state index in [0.717, 1.165) is 12.2 Å². The van der Waals surface area contributed by atoms with Gasteiger partial charge in [-0.1, -0.05) is 6.92 Å². The summed E-state index contributed by atoms with van der Waals surface area (Å²) in [6.07, 6.45) is 2.89. The topological polar surface area (TPSA) is 50.9 Å². The van der Waals surface area contributed by atoms with Gasteiger partial charge in [-0.3, -0.25) is 0 Å². The largest absolute Gasteiger partial charge is 0.396 e. The number of rotatable bonds is 6. The molecule has 0 radical (unpaired) electrons. The molecular weight excluding hydrogens is 206 g/mol. The van der Waals surface area contributed by atoms with Gasteiger partial charge < -0.3 is 11.1 Å². The van der Waals surface area contributed by atoms with Gasteiger partial charge in [0, 0.05) is 12.2 Å².